The zero-order valence-corrected chi connectivity index (χ0v) is 32.8. The number of benzene rings is 2. The van der Waals surface area contributed by atoms with Crippen LogP contribution in [0.4, 0.5) is 16.0 Å². The lowest BCUT2D eigenvalue weighted by Crippen LogP contribution is -2.51. The molecule has 2 aromatic carbocycles. The lowest BCUT2D eigenvalue weighted by molar-refractivity contribution is -0.125. The molecule has 8 rings (SSSR count). The SMILES string of the molecule is C=C1CCC(N2C(=O)c3cc(F)c(N4CCN(CC5CCN(c6ncc(C(=O)NC7CCC(Oc8ccc(C#N)c(Cl)c8)CC7)cn6)CC5)CC4)cc3C2=O)C(=O)N1. The number of piperazine rings is 1. The molecule has 4 aliphatic heterocycles. The van der Waals surface area contributed by atoms with Crippen LogP contribution >= 0.6 is 11.6 Å². The number of imide groups is 1. The fraction of sp³-hybridized carbons (Fsp3) is 0.452. The monoisotopic (exact) mass is 809 g/mol. The molecule has 302 valence electrons. The Kier molecular flexibility index (Phi) is 11.3. The highest BCUT2D eigenvalue weighted by atomic mass is 35.5. The molecule has 1 atom stereocenters. The number of rotatable bonds is 9. The lowest BCUT2D eigenvalue weighted by atomic mass is 9.92. The molecule has 2 N–H and O–H groups in total. The van der Waals surface area contributed by atoms with Crippen molar-refractivity contribution in [3.63, 3.8) is 0 Å². The van der Waals surface area contributed by atoms with E-state index in [4.69, 9.17) is 21.6 Å². The van der Waals surface area contributed by atoms with E-state index < -0.39 is 29.6 Å². The molecule has 14 nitrogen and oxygen atoms in total. The van der Waals surface area contributed by atoms with E-state index in [1.807, 2.05) is 11.0 Å². The number of carbonyl (C=O) groups excluding carboxylic acids is 4. The maximum atomic E-state index is 15.4. The largest absolute Gasteiger partial charge is 0.490 e. The number of hydrogen-bond donors (Lipinski definition) is 2. The van der Waals surface area contributed by atoms with Crippen molar-refractivity contribution in [3.8, 4) is 11.8 Å². The van der Waals surface area contributed by atoms with E-state index in [0.29, 0.717) is 64.7 Å². The van der Waals surface area contributed by atoms with Crippen molar-refractivity contribution in [2.24, 2.45) is 5.92 Å². The molecule has 58 heavy (non-hydrogen) atoms. The number of fused-ring (bicyclic) bond motifs is 1. The molecule has 0 spiro atoms. The highest BCUT2D eigenvalue weighted by Crippen LogP contribution is 2.34. The first-order chi connectivity index (χ1) is 28.0. The summed E-state index contributed by atoms with van der Waals surface area (Å²) in [6.45, 7) is 8.90. The summed E-state index contributed by atoms with van der Waals surface area (Å²) in [6, 6.07) is 8.81. The first kappa shape index (κ1) is 39.2. The van der Waals surface area contributed by atoms with Crippen molar-refractivity contribution in [3.05, 3.63) is 88.1 Å². The molecule has 4 fully saturated rings. The minimum Gasteiger partial charge on any atom is -0.490 e. The third-order valence-corrected chi connectivity index (χ3v) is 12.3. The normalized spacial score (nSPS) is 23.1. The van der Waals surface area contributed by atoms with Crippen LogP contribution in [-0.4, -0.2) is 107 Å². The summed E-state index contributed by atoms with van der Waals surface area (Å²) in [5.41, 5.74) is 1.79. The molecule has 0 bridgehead atoms. The smallest absolute Gasteiger partial charge is 0.262 e. The topological polar surface area (TPSA) is 164 Å². The van der Waals surface area contributed by atoms with Crippen molar-refractivity contribution in [2.75, 3.05) is 55.6 Å². The number of nitrogens with zero attached hydrogens (tertiary/aromatic N) is 7. The Morgan fingerprint density at radius 2 is 1.62 bits per heavy atom. The molecule has 1 aliphatic carbocycles. The molecular weight excluding hydrogens is 765 g/mol. The third-order valence-electron chi connectivity index (χ3n) is 12.0. The molecule has 3 aromatic rings. The van der Waals surface area contributed by atoms with Gasteiger partial charge in [-0.25, -0.2) is 14.4 Å². The predicted octanol–water partition coefficient (Wildman–Crippen LogP) is 4.69. The number of piperidine rings is 2. The van der Waals surface area contributed by atoms with Gasteiger partial charge < -0.3 is 25.2 Å². The fourth-order valence-electron chi connectivity index (χ4n) is 8.70. The Hall–Kier alpha value is -5.59. The predicted molar refractivity (Wildman–Crippen MR) is 213 cm³/mol. The minimum absolute atomic E-state index is 0.00867. The van der Waals surface area contributed by atoms with Crippen LogP contribution in [0.25, 0.3) is 0 Å². The van der Waals surface area contributed by atoms with E-state index >= 15 is 4.39 Å². The highest BCUT2D eigenvalue weighted by Gasteiger charge is 2.45. The Morgan fingerprint density at radius 3 is 2.28 bits per heavy atom. The van der Waals surface area contributed by atoms with Crippen LogP contribution in [0.1, 0.15) is 88.0 Å². The molecule has 5 heterocycles. The van der Waals surface area contributed by atoms with Gasteiger partial charge in [0.25, 0.3) is 17.7 Å². The van der Waals surface area contributed by atoms with E-state index in [2.05, 4.69) is 37.0 Å². The molecular formula is C42H45ClFN9O5. The van der Waals surface area contributed by atoms with E-state index in [1.54, 1.807) is 30.6 Å². The minimum atomic E-state index is -0.944. The molecule has 4 amide bonds. The summed E-state index contributed by atoms with van der Waals surface area (Å²) >= 11 is 6.14. The van der Waals surface area contributed by atoms with Crippen LogP contribution in [0.15, 0.2) is 55.0 Å². The van der Waals surface area contributed by atoms with Gasteiger partial charge in [-0.1, -0.05) is 18.2 Å². The quantitative estimate of drug-likeness (QED) is 0.289. The van der Waals surface area contributed by atoms with Crippen molar-refractivity contribution in [1.82, 2.24) is 30.4 Å². The first-order valence-electron chi connectivity index (χ1n) is 20.0. The second-order valence-corrected chi connectivity index (χ2v) is 16.2. The van der Waals surface area contributed by atoms with Gasteiger partial charge >= 0.3 is 0 Å². The maximum Gasteiger partial charge on any atom is 0.262 e. The second kappa shape index (κ2) is 16.7. The first-order valence-corrected chi connectivity index (χ1v) is 20.3. The van der Waals surface area contributed by atoms with Crippen LogP contribution in [0, 0.1) is 23.1 Å². The van der Waals surface area contributed by atoms with Gasteiger partial charge in [0.05, 0.1) is 39.1 Å². The lowest BCUT2D eigenvalue weighted by Gasteiger charge is -2.39. The number of ether oxygens (including phenoxy) is 1. The van der Waals surface area contributed by atoms with E-state index in [-0.39, 0.29) is 35.6 Å². The number of aromatic nitrogens is 2. The zero-order chi connectivity index (χ0) is 40.5. The molecule has 1 aromatic heterocycles. The van der Waals surface area contributed by atoms with Gasteiger partial charge in [-0.05, 0) is 81.5 Å². The van der Waals surface area contributed by atoms with Crippen LogP contribution in [0.3, 0.4) is 0 Å². The highest BCUT2D eigenvalue weighted by molar-refractivity contribution is 6.31. The number of nitrogens with one attached hydrogen (secondary N) is 2. The van der Waals surface area contributed by atoms with Crippen molar-refractivity contribution in [1.29, 1.82) is 5.26 Å². The fourth-order valence-corrected chi connectivity index (χ4v) is 8.91. The van der Waals surface area contributed by atoms with Gasteiger partial charge in [0.15, 0.2) is 0 Å². The maximum absolute atomic E-state index is 15.4. The van der Waals surface area contributed by atoms with Gasteiger partial charge in [0, 0.05) is 76.0 Å². The Bertz CT molecular complexity index is 2160. The zero-order valence-electron chi connectivity index (χ0n) is 32.1. The average Bonchev–Trinajstić information content (AvgIpc) is 3.46. The summed E-state index contributed by atoms with van der Waals surface area (Å²) in [6.07, 6.45) is 9.01. The number of hydrogen-bond acceptors (Lipinski definition) is 11. The van der Waals surface area contributed by atoms with Crippen LogP contribution in [0.5, 0.6) is 5.75 Å². The standard InChI is InChI=1S/C42H45ClFN9O5/c1-25-2-9-36(39(55)48-25)53-40(56)32-19-35(44)37(20-33(32)41(53)57)51-16-14-50(15-17-51)24-26-10-12-52(13-11-26)42-46-22-28(23-47-42)38(54)49-29-4-7-30(8-5-29)58-31-6-3-27(21-45)34(43)18-31/h3,6,18-20,22-23,26,29-30,36H,1-2,4-5,7-17,24H2,(H,48,55)(H,49,54). The van der Waals surface area contributed by atoms with Gasteiger partial charge in [-0.3, -0.25) is 29.0 Å². The summed E-state index contributed by atoms with van der Waals surface area (Å²) in [5.74, 6) is -0.702. The molecule has 1 saturated carbocycles. The summed E-state index contributed by atoms with van der Waals surface area (Å²) in [5, 5.41) is 15.2. The number of allylic oxidation sites excluding steroid dienone is 1. The summed E-state index contributed by atoms with van der Waals surface area (Å²) < 4.78 is 21.5. The van der Waals surface area contributed by atoms with Gasteiger partial charge in [-0.2, -0.15) is 5.26 Å². The number of nitriles is 1. The molecule has 3 saturated heterocycles. The summed E-state index contributed by atoms with van der Waals surface area (Å²) in [7, 11) is 0. The van der Waals surface area contributed by atoms with Crippen LogP contribution in [0.2, 0.25) is 5.02 Å². The van der Waals surface area contributed by atoms with E-state index in [0.717, 1.165) is 82.2 Å². The Labute approximate surface area is 341 Å². The van der Waals surface area contributed by atoms with Crippen molar-refractivity contribution in [2.45, 2.75) is 69.6 Å². The molecule has 1 unspecified atom stereocenters. The molecule has 5 aliphatic rings. The number of carbonyl (C=O) groups is 4. The molecule has 16 heteroatoms. The van der Waals surface area contributed by atoms with Crippen LogP contribution < -0.4 is 25.2 Å². The number of amides is 4. The van der Waals surface area contributed by atoms with Crippen molar-refractivity contribution >= 4 is 46.9 Å². The third kappa shape index (κ3) is 8.21. The van der Waals surface area contributed by atoms with Gasteiger partial charge in [0.2, 0.25) is 11.9 Å². The van der Waals surface area contributed by atoms with Gasteiger partial charge in [-0.15, -0.1) is 0 Å². The number of halogens is 2. The Balaban J connectivity index is 0.764. The molecule has 0 radical (unpaired) electrons. The Morgan fingerprint density at radius 1 is 0.931 bits per heavy atom. The summed E-state index contributed by atoms with van der Waals surface area (Å²) in [4.78, 5) is 68.6. The van der Waals surface area contributed by atoms with E-state index in [1.165, 1.54) is 6.07 Å². The second-order valence-electron chi connectivity index (χ2n) is 15.8. The average molecular weight is 810 g/mol. The number of anilines is 2. The van der Waals surface area contributed by atoms with Gasteiger partial charge in [0.1, 0.15) is 23.7 Å². The van der Waals surface area contributed by atoms with Crippen molar-refractivity contribution < 1.29 is 28.3 Å². The van der Waals surface area contributed by atoms with Crippen LogP contribution in [-0.2, 0) is 4.79 Å². The van der Waals surface area contributed by atoms with E-state index in [9.17, 15) is 19.2 Å².